The fraction of sp³-hybridized carbons (Fsp3) is 0.750. The molecule has 26 heavy (non-hydrogen) atoms. The Morgan fingerprint density at radius 2 is 2.00 bits per heavy atom. The highest BCUT2D eigenvalue weighted by molar-refractivity contribution is 14.0. The molecule has 0 unspecified atom stereocenters. The Kier molecular flexibility index (Phi) is 7.86. The van der Waals surface area contributed by atoms with Gasteiger partial charge in [0.1, 0.15) is 12.4 Å². The third-order valence-corrected chi connectivity index (χ3v) is 5.21. The van der Waals surface area contributed by atoms with E-state index in [1.807, 2.05) is 0 Å². The average molecular weight is 493 g/mol. The van der Waals surface area contributed by atoms with Crippen molar-refractivity contribution < 1.29 is 4.79 Å². The number of aryl methyl sites for hydroxylation is 1. The monoisotopic (exact) mass is 493 g/mol. The second-order valence-corrected chi connectivity index (χ2v) is 7.40. The highest BCUT2D eigenvalue weighted by atomic mass is 127. The molecule has 0 radical (unpaired) electrons. The molecule has 0 spiro atoms. The smallest absolute Gasteiger partial charge is 0.243 e. The maximum atomic E-state index is 11.8. The molecule has 3 rings (SSSR count). The van der Waals surface area contributed by atoms with Crippen molar-refractivity contribution in [3.63, 3.8) is 0 Å². The third kappa shape index (κ3) is 5.66. The lowest BCUT2D eigenvalue weighted by atomic mass is 10.3. The first kappa shape index (κ1) is 21.1. The van der Waals surface area contributed by atoms with E-state index in [9.17, 15) is 4.79 Å². The number of carbonyl (C=O) groups excluding carboxylic acids is 1. The molecule has 1 aromatic heterocycles. The van der Waals surface area contributed by atoms with E-state index < -0.39 is 0 Å². The van der Waals surface area contributed by atoms with Crippen molar-refractivity contribution >= 4 is 52.5 Å². The topological polar surface area (TPSA) is 77.0 Å². The lowest BCUT2D eigenvalue weighted by molar-refractivity contribution is -0.127. The zero-order valence-corrected chi connectivity index (χ0v) is 18.8. The van der Waals surface area contributed by atoms with Crippen LogP contribution in [0.4, 0.5) is 5.13 Å². The van der Waals surface area contributed by atoms with Crippen LogP contribution in [0, 0.1) is 0 Å². The van der Waals surface area contributed by atoms with Crippen LogP contribution < -0.4 is 10.2 Å². The van der Waals surface area contributed by atoms with Crippen molar-refractivity contribution in [3.8, 4) is 0 Å². The number of aromatic nitrogens is 2. The summed E-state index contributed by atoms with van der Waals surface area (Å²) < 4.78 is 4.37. The molecule has 1 saturated heterocycles. The van der Waals surface area contributed by atoms with Crippen LogP contribution in [0.1, 0.15) is 25.6 Å². The summed E-state index contributed by atoms with van der Waals surface area (Å²) in [5.41, 5.74) is 0. The number of piperazine rings is 1. The average Bonchev–Trinajstić information content (AvgIpc) is 3.31. The SMILES string of the molecule is CCc1nsc(N2CCN(C(=NCC(=O)N(C)C)NC3CC3)CC2)n1.I. The van der Waals surface area contributed by atoms with Crippen LogP contribution in [0.2, 0.25) is 0 Å². The van der Waals surface area contributed by atoms with E-state index in [0.29, 0.717) is 6.04 Å². The number of nitrogens with zero attached hydrogens (tertiary/aromatic N) is 6. The molecule has 1 amide bonds. The summed E-state index contributed by atoms with van der Waals surface area (Å²) in [6.45, 7) is 5.80. The lowest BCUT2D eigenvalue weighted by Crippen LogP contribution is -2.53. The summed E-state index contributed by atoms with van der Waals surface area (Å²) in [4.78, 5) is 27.1. The van der Waals surface area contributed by atoms with Crippen LogP contribution in [0.3, 0.4) is 0 Å². The maximum absolute atomic E-state index is 11.8. The fourth-order valence-corrected chi connectivity index (χ4v) is 3.36. The van der Waals surface area contributed by atoms with Gasteiger partial charge in [0, 0.05) is 64.3 Å². The molecular weight excluding hydrogens is 465 g/mol. The highest BCUT2D eigenvalue weighted by Gasteiger charge is 2.27. The number of guanidine groups is 1. The van der Waals surface area contributed by atoms with Gasteiger partial charge in [-0.25, -0.2) is 9.98 Å². The number of hydrogen-bond acceptors (Lipinski definition) is 6. The van der Waals surface area contributed by atoms with Crippen molar-refractivity contribution in [2.24, 2.45) is 4.99 Å². The molecule has 2 heterocycles. The van der Waals surface area contributed by atoms with E-state index in [0.717, 1.165) is 49.5 Å². The van der Waals surface area contributed by atoms with E-state index in [-0.39, 0.29) is 36.4 Å². The van der Waals surface area contributed by atoms with Gasteiger partial charge in [0.15, 0.2) is 5.96 Å². The zero-order chi connectivity index (χ0) is 17.8. The van der Waals surface area contributed by atoms with Gasteiger partial charge in [-0.1, -0.05) is 6.92 Å². The Labute approximate surface area is 176 Å². The first-order chi connectivity index (χ1) is 12.1. The van der Waals surface area contributed by atoms with E-state index >= 15 is 0 Å². The van der Waals surface area contributed by atoms with Crippen LogP contribution in [-0.2, 0) is 11.2 Å². The number of likely N-dealkylation sites (N-methyl/N-ethyl adjacent to an activating group) is 1. The van der Waals surface area contributed by atoms with Gasteiger partial charge in [-0.05, 0) is 12.8 Å². The molecule has 8 nitrogen and oxygen atoms in total. The van der Waals surface area contributed by atoms with Gasteiger partial charge in [-0.3, -0.25) is 4.79 Å². The summed E-state index contributed by atoms with van der Waals surface area (Å²) >= 11 is 1.48. The minimum atomic E-state index is 0. The minimum absolute atomic E-state index is 0. The fourth-order valence-electron chi connectivity index (χ4n) is 2.56. The number of carbonyl (C=O) groups is 1. The number of aliphatic imine (C=N–C) groups is 1. The van der Waals surface area contributed by atoms with Crippen LogP contribution in [0.5, 0.6) is 0 Å². The molecule has 2 fully saturated rings. The molecule has 1 aromatic rings. The molecule has 1 aliphatic carbocycles. The number of halogens is 1. The quantitative estimate of drug-likeness (QED) is 0.376. The minimum Gasteiger partial charge on any atom is -0.353 e. The predicted molar refractivity (Wildman–Crippen MR) is 116 cm³/mol. The number of nitrogens with one attached hydrogen (secondary N) is 1. The first-order valence-corrected chi connectivity index (χ1v) is 9.67. The predicted octanol–water partition coefficient (Wildman–Crippen LogP) is 1.04. The van der Waals surface area contributed by atoms with Crippen molar-refractivity contribution in [1.82, 2.24) is 24.5 Å². The van der Waals surface area contributed by atoms with Gasteiger partial charge in [0.05, 0.1) is 0 Å². The number of amides is 1. The van der Waals surface area contributed by atoms with Crippen molar-refractivity contribution in [2.75, 3.05) is 51.7 Å². The molecule has 0 atom stereocenters. The van der Waals surface area contributed by atoms with E-state index in [1.54, 1.807) is 19.0 Å². The van der Waals surface area contributed by atoms with Crippen LogP contribution in [0.25, 0.3) is 0 Å². The van der Waals surface area contributed by atoms with Gasteiger partial charge >= 0.3 is 0 Å². The number of hydrogen-bond donors (Lipinski definition) is 1. The number of rotatable bonds is 5. The zero-order valence-electron chi connectivity index (χ0n) is 15.6. The van der Waals surface area contributed by atoms with Crippen LogP contribution in [0.15, 0.2) is 4.99 Å². The highest BCUT2D eigenvalue weighted by Crippen LogP contribution is 2.21. The third-order valence-electron chi connectivity index (χ3n) is 4.40. The van der Waals surface area contributed by atoms with Gasteiger partial charge < -0.3 is 20.0 Å². The van der Waals surface area contributed by atoms with Crippen LogP contribution in [-0.4, -0.2) is 83.9 Å². The van der Waals surface area contributed by atoms with Gasteiger partial charge in [-0.15, -0.1) is 24.0 Å². The summed E-state index contributed by atoms with van der Waals surface area (Å²) in [6, 6.07) is 0.515. The van der Waals surface area contributed by atoms with Gasteiger partial charge in [0.25, 0.3) is 0 Å². The molecular formula is C16H28IN7OS. The van der Waals surface area contributed by atoms with Crippen LogP contribution >= 0.6 is 35.5 Å². The lowest BCUT2D eigenvalue weighted by Gasteiger charge is -2.36. The van der Waals surface area contributed by atoms with Gasteiger partial charge in [-0.2, -0.15) is 4.37 Å². The Morgan fingerprint density at radius 3 is 2.54 bits per heavy atom. The molecule has 1 saturated carbocycles. The van der Waals surface area contributed by atoms with Gasteiger partial charge in [0.2, 0.25) is 11.0 Å². The molecule has 0 aromatic carbocycles. The number of anilines is 1. The Bertz CT molecular complexity index is 624. The Hall–Kier alpha value is -1.17. The maximum Gasteiger partial charge on any atom is 0.243 e. The van der Waals surface area contributed by atoms with Crippen molar-refractivity contribution in [1.29, 1.82) is 0 Å². The standard InChI is InChI=1S/C16H27N7OS.HI/c1-4-13-19-16(25-20-13)23-9-7-22(8-10-23)15(18-12-5-6-12)17-11-14(24)21(2)3;/h12H,4-11H2,1-3H3,(H,17,18);1H. The molecule has 10 heteroatoms. The normalized spacial score (nSPS) is 17.7. The molecule has 1 aliphatic heterocycles. The molecule has 1 N–H and O–H groups in total. The molecule has 0 bridgehead atoms. The van der Waals surface area contributed by atoms with E-state index in [2.05, 4.69) is 36.4 Å². The largest absolute Gasteiger partial charge is 0.353 e. The van der Waals surface area contributed by atoms with E-state index in [4.69, 9.17) is 0 Å². The summed E-state index contributed by atoms with van der Waals surface area (Å²) in [6.07, 6.45) is 3.24. The van der Waals surface area contributed by atoms with Crippen molar-refractivity contribution in [3.05, 3.63) is 5.82 Å². The van der Waals surface area contributed by atoms with Crippen molar-refractivity contribution in [2.45, 2.75) is 32.2 Å². The Morgan fingerprint density at radius 1 is 1.31 bits per heavy atom. The first-order valence-electron chi connectivity index (χ1n) is 8.90. The van der Waals surface area contributed by atoms with E-state index in [1.165, 1.54) is 24.4 Å². The summed E-state index contributed by atoms with van der Waals surface area (Å²) in [5.74, 6) is 1.81. The summed E-state index contributed by atoms with van der Waals surface area (Å²) in [5, 5.41) is 4.49. The second-order valence-electron chi connectivity index (χ2n) is 6.67. The Balaban J connectivity index is 0.00000243. The second kappa shape index (κ2) is 9.67. The summed E-state index contributed by atoms with van der Waals surface area (Å²) in [7, 11) is 3.52. The molecule has 2 aliphatic rings. The molecule has 146 valence electrons.